The maximum Gasteiger partial charge on any atom is 0.0804 e. The van der Waals surface area contributed by atoms with Crippen LogP contribution in [0.25, 0.3) is 111 Å². The first-order valence-corrected chi connectivity index (χ1v) is 18.0. The number of para-hydroxylation sites is 1. The molecule has 0 saturated carbocycles. The molecule has 10 aromatic rings. The summed E-state index contributed by atoms with van der Waals surface area (Å²) < 4.78 is 4.70. The summed E-state index contributed by atoms with van der Waals surface area (Å²) in [4.78, 5) is 9.64. The minimum absolute atomic E-state index is 0.995. The molecule has 0 atom stereocenters. The number of allylic oxidation sites excluding steroid dienone is 1. The van der Waals surface area contributed by atoms with Crippen LogP contribution < -0.4 is 0 Å². The molecule has 0 bridgehead atoms. The van der Waals surface area contributed by atoms with Crippen molar-refractivity contribution in [1.82, 2.24) is 19.1 Å². The molecule has 4 heterocycles. The van der Waals surface area contributed by atoms with Crippen molar-refractivity contribution >= 4 is 66.4 Å². The number of hydrogen-bond acceptors (Lipinski definition) is 2. The molecule has 0 spiro atoms. The van der Waals surface area contributed by atoms with Gasteiger partial charge in [0.15, 0.2) is 0 Å². The normalized spacial score (nSPS) is 12.2. The molecule has 53 heavy (non-hydrogen) atoms. The molecule has 0 aliphatic heterocycles. The van der Waals surface area contributed by atoms with Crippen LogP contribution in [0.3, 0.4) is 0 Å². The third-order valence-electron chi connectivity index (χ3n) is 11.0. The smallest absolute Gasteiger partial charge is 0.0804 e. The molecule has 0 amide bonds. The van der Waals surface area contributed by atoms with Crippen LogP contribution in [0.2, 0.25) is 0 Å². The minimum Gasteiger partial charge on any atom is -0.309 e. The Kier molecular flexibility index (Phi) is 6.29. The van der Waals surface area contributed by atoms with Crippen LogP contribution in [0.1, 0.15) is 18.2 Å². The van der Waals surface area contributed by atoms with Gasteiger partial charge in [0.05, 0.1) is 39.8 Å². The molecular weight excluding hydrogens is 645 g/mol. The molecule has 6 aromatic carbocycles. The molecule has 0 N–H and O–H groups in total. The van der Waals surface area contributed by atoms with Gasteiger partial charge in [0.25, 0.3) is 0 Å². The van der Waals surface area contributed by atoms with E-state index in [2.05, 4.69) is 167 Å². The number of nitrogens with zero attached hydrogens (tertiary/aromatic N) is 4. The van der Waals surface area contributed by atoms with Crippen LogP contribution in [-0.4, -0.2) is 19.1 Å². The van der Waals surface area contributed by atoms with Crippen LogP contribution in [0.5, 0.6) is 0 Å². The predicted molar refractivity (Wildman–Crippen MR) is 223 cm³/mol. The monoisotopic (exact) mass is 676 g/mol. The Morgan fingerprint density at radius 3 is 2.06 bits per heavy atom. The van der Waals surface area contributed by atoms with Crippen LogP contribution in [-0.2, 0) is 0 Å². The summed E-state index contributed by atoms with van der Waals surface area (Å²) in [5.41, 5.74) is 14.7. The van der Waals surface area contributed by atoms with Gasteiger partial charge in [-0.3, -0.25) is 9.97 Å². The van der Waals surface area contributed by atoms with Crippen LogP contribution in [0.15, 0.2) is 159 Å². The Bertz CT molecular complexity index is 3190. The van der Waals surface area contributed by atoms with E-state index in [1.165, 1.54) is 54.6 Å². The third kappa shape index (κ3) is 4.24. The van der Waals surface area contributed by atoms with Gasteiger partial charge in [-0.2, -0.15) is 0 Å². The van der Waals surface area contributed by atoms with Gasteiger partial charge in [-0.05, 0) is 95.1 Å². The molecular formula is C49H32N4. The molecule has 248 valence electrons. The van der Waals surface area contributed by atoms with Crippen molar-refractivity contribution in [3.05, 3.63) is 170 Å². The molecule has 1 aliphatic rings. The molecule has 4 aromatic heterocycles. The predicted octanol–water partition coefficient (Wildman–Crippen LogP) is 12.8. The van der Waals surface area contributed by atoms with E-state index in [0.717, 1.165) is 55.8 Å². The first-order valence-electron chi connectivity index (χ1n) is 18.0. The summed E-state index contributed by atoms with van der Waals surface area (Å²) in [5, 5.41) is 8.43. The Balaban J connectivity index is 1.14. The van der Waals surface area contributed by atoms with Gasteiger partial charge in [0.1, 0.15) is 0 Å². The Morgan fingerprint density at radius 2 is 1.26 bits per heavy atom. The Morgan fingerprint density at radius 1 is 0.547 bits per heavy atom. The lowest BCUT2D eigenvalue weighted by molar-refractivity contribution is 1.11. The number of hydrogen-bond donors (Lipinski definition) is 0. The van der Waals surface area contributed by atoms with Crippen molar-refractivity contribution in [2.45, 2.75) is 6.92 Å². The van der Waals surface area contributed by atoms with Crippen molar-refractivity contribution in [3.63, 3.8) is 0 Å². The van der Waals surface area contributed by atoms with E-state index in [1.807, 2.05) is 24.7 Å². The zero-order valence-corrected chi connectivity index (χ0v) is 29.1. The molecule has 11 rings (SSSR count). The fourth-order valence-corrected chi connectivity index (χ4v) is 8.71. The van der Waals surface area contributed by atoms with Gasteiger partial charge in [-0.25, -0.2) is 0 Å². The highest BCUT2D eigenvalue weighted by atomic mass is 15.0. The SMILES string of the molecule is C=Cc1c(/C=C\C)c2cc(-c3ccc4c(c3)c3cc5ccccc5cc3n4-c3cnc4c(c3)-c3cccc5cncc-4c35)ccc2n1-c1ccccc1. The highest BCUT2D eigenvalue weighted by molar-refractivity contribution is 6.16. The lowest BCUT2D eigenvalue weighted by atomic mass is 9.99. The lowest BCUT2D eigenvalue weighted by Gasteiger charge is -2.11. The molecule has 4 nitrogen and oxygen atoms in total. The van der Waals surface area contributed by atoms with Crippen molar-refractivity contribution in [2.75, 3.05) is 0 Å². The first kappa shape index (κ1) is 29.7. The van der Waals surface area contributed by atoms with Crippen LogP contribution >= 0.6 is 0 Å². The summed E-state index contributed by atoms with van der Waals surface area (Å²) in [6, 6.07) is 46.4. The van der Waals surface area contributed by atoms with Gasteiger partial charge < -0.3 is 9.13 Å². The van der Waals surface area contributed by atoms with E-state index in [4.69, 9.17) is 4.98 Å². The summed E-state index contributed by atoms with van der Waals surface area (Å²) in [7, 11) is 0. The average Bonchev–Trinajstić information content (AvgIpc) is 3.82. The molecule has 0 saturated heterocycles. The largest absolute Gasteiger partial charge is 0.309 e. The van der Waals surface area contributed by atoms with Crippen molar-refractivity contribution in [1.29, 1.82) is 0 Å². The van der Waals surface area contributed by atoms with Gasteiger partial charge >= 0.3 is 0 Å². The maximum atomic E-state index is 5.11. The van der Waals surface area contributed by atoms with Crippen molar-refractivity contribution < 1.29 is 0 Å². The fraction of sp³-hybridized carbons (Fsp3) is 0.0204. The first-order chi connectivity index (χ1) is 26.2. The molecule has 4 heteroatoms. The van der Waals surface area contributed by atoms with E-state index >= 15 is 0 Å². The Labute approximate surface area is 306 Å². The molecule has 0 fully saturated rings. The second-order valence-electron chi connectivity index (χ2n) is 13.9. The van der Waals surface area contributed by atoms with E-state index < -0.39 is 0 Å². The topological polar surface area (TPSA) is 35.6 Å². The summed E-state index contributed by atoms with van der Waals surface area (Å²) in [6.45, 7) is 6.30. The highest BCUT2D eigenvalue weighted by Gasteiger charge is 2.25. The van der Waals surface area contributed by atoms with Crippen molar-refractivity contribution in [2.24, 2.45) is 0 Å². The van der Waals surface area contributed by atoms with Gasteiger partial charge in [0, 0.05) is 61.7 Å². The molecule has 1 aliphatic carbocycles. The van der Waals surface area contributed by atoms with Crippen LogP contribution in [0.4, 0.5) is 0 Å². The average molecular weight is 677 g/mol. The number of pyridine rings is 2. The number of fused-ring (bicyclic) bond motifs is 8. The summed E-state index contributed by atoms with van der Waals surface area (Å²) >= 11 is 0. The zero-order valence-electron chi connectivity index (χ0n) is 29.1. The minimum atomic E-state index is 0.995. The summed E-state index contributed by atoms with van der Waals surface area (Å²) in [5.74, 6) is 0. The second-order valence-corrected chi connectivity index (χ2v) is 13.9. The van der Waals surface area contributed by atoms with E-state index in [1.54, 1.807) is 0 Å². The van der Waals surface area contributed by atoms with Crippen molar-refractivity contribution in [3.8, 4) is 44.9 Å². The highest BCUT2D eigenvalue weighted by Crippen LogP contribution is 2.47. The number of benzene rings is 6. The number of aromatic nitrogens is 4. The van der Waals surface area contributed by atoms with E-state index in [-0.39, 0.29) is 0 Å². The standard InChI is InChI=1S/C49H32N4/c1-3-11-37-39-23-32(18-20-45(39)52(44(37)4-2)35-15-6-5-7-16-35)33-19-21-46-40(24-33)41-22-30-12-8-9-13-31(30)25-47(41)53(46)36-26-42-38-17-10-14-34-27-50-29-43(48(34)38)49(42)51-28-36/h3-29H,2H2,1H3/b11-3-. The van der Waals surface area contributed by atoms with E-state index in [0.29, 0.717) is 0 Å². The van der Waals surface area contributed by atoms with Gasteiger partial charge in [-0.15, -0.1) is 0 Å². The Hall–Kier alpha value is -7.04. The third-order valence-corrected chi connectivity index (χ3v) is 11.0. The second kappa shape index (κ2) is 11.2. The zero-order chi connectivity index (χ0) is 35.2. The fourth-order valence-electron chi connectivity index (χ4n) is 8.71. The quantitative estimate of drug-likeness (QED) is 0.182. The summed E-state index contributed by atoms with van der Waals surface area (Å²) in [6.07, 6.45) is 12.2. The lowest BCUT2D eigenvalue weighted by Crippen LogP contribution is -1.96. The van der Waals surface area contributed by atoms with Gasteiger partial charge in [0.2, 0.25) is 0 Å². The van der Waals surface area contributed by atoms with E-state index in [9.17, 15) is 0 Å². The molecule has 0 radical (unpaired) electrons. The maximum absolute atomic E-state index is 5.11. The molecule has 0 unspecified atom stereocenters. The van der Waals surface area contributed by atoms with Crippen LogP contribution in [0, 0.1) is 0 Å². The van der Waals surface area contributed by atoms with Gasteiger partial charge in [-0.1, -0.05) is 91.5 Å². The number of rotatable bonds is 5.